The van der Waals surface area contributed by atoms with E-state index in [1.807, 2.05) is 0 Å². The molecular weight excluding hydrogens is 322 g/mol. The highest BCUT2D eigenvalue weighted by Crippen LogP contribution is 2.21. The molecule has 1 aromatic carbocycles. The van der Waals surface area contributed by atoms with Crippen LogP contribution in [0, 0.1) is 5.92 Å². The van der Waals surface area contributed by atoms with Crippen LogP contribution in [0.25, 0.3) is 0 Å². The van der Waals surface area contributed by atoms with Gasteiger partial charge in [0.25, 0.3) is 0 Å². The zero-order valence-electron chi connectivity index (χ0n) is 13.3. The van der Waals surface area contributed by atoms with Gasteiger partial charge in [-0.25, -0.2) is 9.59 Å². The molecule has 0 radical (unpaired) electrons. The maximum Gasteiger partial charge on any atom is 0.338 e. The van der Waals surface area contributed by atoms with Crippen molar-refractivity contribution in [3.8, 4) is 5.75 Å². The number of halogens is 1. The summed E-state index contributed by atoms with van der Waals surface area (Å²) < 4.78 is 15.2. The smallest absolute Gasteiger partial charge is 0.338 e. The third-order valence-electron chi connectivity index (χ3n) is 3.63. The van der Waals surface area contributed by atoms with Crippen molar-refractivity contribution in [1.29, 1.82) is 0 Å². The number of benzene rings is 1. The van der Waals surface area contributed by atoms with Gasteiger partial charge in [0.2, 0.25) is 0 Å². The molecule has 7 heteroatoms. The average molecular weight is 344 g/mol. The summed E-state index contributed by atoms with van der Waals surface area (Å²) in [5, 5.41) is 3.32. The van der Waals surface area contributed by atoms with Crippen molar-refractivity contribution in [3.05, 3.63) is 29.3 Å². The van der Waals surface area contributed by atoms with Gasteiger partial charge in [-0.15, -0.1) is 12.4 Å². The van der Waals surface area contributed by atoms with Crippen LogP contribution in [0.5, 0.6) is 5.75 Å². The first-order valence-electron chi connectivity index (χ1n) is 7.29. The number of hydrogen-bond acceptors (Lipinski definition) is 6. The minimum Gasteiger partial charge on any atom is -0.493 e. The Kier molecular flexibility index (Phi) is 7.85. The standard InChI is InChI=1S/C16H21NO5.ClH/c1-20-15(18)12-6-13(16(19)21-2)8-14(7-12)22-10-11-4-3-5-17-9-11;/h6-8,11,17H,3-5,9-10H2,1-2H3;1H/t11-;/m0./s1. The summed E-state index contributed by atoms with van der Waals surface area (Å²) in [6, 6.07) is 4.59. The third-order valence-corrected chi connectivity index (χ3v) is 3.63. The van der Waals surface area contributed by atoms with Gasteiger partial charge in [-0.1, -0.05) is 0 Å². The topological polar surface area (TPSA) is 73.9 Å². The minimum atomic E-state index is -0.519. The molecule has 0 unspecified atom stereocenters. The molecule has 1 aliphatic heterocycles. The number of esters is 2. The van der Waals surface area contributed by atoms with Gasteiger partial charge in [-0.05, 0) is 37.6 Å². The summed E-state index contributed by atoms with van der Waals surface area (Å²) in [5.74, 6) is -0.143. The molecule has 1 aromatic rings. The highest BCUT2D eigenvalue weighted by Gasteiger charge is 2.17. The van der Waals surface area contributed by atoms with Crippen molar-refractivity contribution in [2.24, 2.45) is 5.92 Å². The molecule has 0 aliphatic carbocycles. The van der Waals surface area contributed by atoms with Gasteiger partial charge in [0.15, 0.2) is 0 Å². The van der Waals surface area contributed by atoms with Crippen LogP contribution in [0.1, 0.15) is 33.6 Å². The van der Waals surface area contributed by atoms with Gasteiger partial charge in [0.05, 0.1) is 32.0 Å². The zero-order valence-corrected chi connectivity index (χ0v) is 14.1. The molecule has 2 rings (SSSR count). The van der Waals surface area contributed by atoms with E-state index in [1.165, 1.54) is 20.3 Å². The summed E-state index contributed by atoms with van der Waals surface area (Å²) >= 11 is 0. The maximum atomic E-state index is 11.7. The number of methoxy groups -OCH3 is 2. The lowest BCUT2D eigenvalue weighted by Crippen LogP contribution is -2.33. The van der Waals surface area contributed by atoms with E-state index in [0.29, 0.717) is 18.3 Å². The lowest BCUT2D eigenvalue weighted by molar-refractivity contribution is 0.0598. The Bertz CT molecular complexity index is 509. The average Bonchev–Trinajstić information content (AvgIpc) is 2.59. The molecule has 6 nitrogen and oxygen atoms in total. The van der Waals surface area contributed by atoms with Crippen LogP contribution in [0.3, 0.4) is 0 Å². The number of rotatable bonds is 5. The number of nitrogens with one attached hydrogen (secondary N) is 1. The van der Waals surface area contributed by atoms with Crippen molar-refractivity contribution in [3.63, 3.8) is 0 Å². The zero-order chi connectivity index (χ0) is 15.9. The molecular formula is C16H22ClNO5. The predicted molar refractivity (Wildman–Crippen MR) is 87.5 cm³/mol. The Morgan fingerprint density at radius 2 is 1.74 bits per heavy atom. The van der Waals surface area contributed by atoms with E-state index in [4.69, 9.17) is 14.2 Å². The Morgan fingerprint density at radius 3 is 2.22 bits per heavy atom. The van der Waals surface area contributed by atoms with Gasteiger partial charge < -0.3 is 19.5 Å². The quantitative estimate of drug-likeness (QED) is 0.825. The van der Waals surface area contributed by atoms with Crippen LogP contribution >= 0.6 is 12.4 Å². The molecule has 1 N–H and O–H groups in total. The van der Waals surface area contributed by atoms with Crippen molar-refractivity contribution in [2.45, 2.75) is 12.8 Å². The largest absolute Gasteiger partial charge is 0.493 e. The highest BCUT2D eigenvalue weighted by atomic mass is 35.5. The van der Waals surface area contributed by atoms with Crippen LogP contribution in [-0.2, 0) is 9.47 Å². The Hall–Kier alpha value is -1.79. The number of carbonyl (C=O) groups is 2. The minimum absolute atomic E-state index is 0. The van der Waals surface area contributed by atoms with Crippen molar-refractivity contribution < 1.29 is 23.8 Å². The van der Waals surface area contributed by atoms with Gasteiger partial charge >= 0.3 is 11.9 Å². The molecule has 1 saturated heterocycles. The molecule has 128 valence electrons. The van der Waals surface area contributed by atoms with Gasteiger partial charge in [-0.2, -0.15) is 0 Å². The summed E-state index contributed by atoms with van der Waals surface area (Å²) in [7, 11) is 2.59. The maximum absolute atomic E-state index is 11.7. The van der Waals surface area contributed by atoms with Gasteiger partial charge in [-0.3, -0.25) is 0 Å². The third kappa shape index (κ3) is 5.41. The number of piperidine rings is 1. The fourth-order valence-corrected chi connectivity index (χ4v) is 2.43. The normalized spacial score (nSPS) is 16.9. The van der Waals surface area contributed by atoms with Crippen LogP contribution < -0.4 is 10.1 Å². The number of carbonyl (C=O) groups excluding carboxylic acids is 2. The molecule has 0 spiro atoms. The van der Waals surface area contributed by atoms with Crippen LogP contribution in [-0.4, -0.2) is 45.9 Å². The SMILES string of the molecule is COC(=O)c1cc(OC[C@H]2CCCNC2)cc(C(=O)OC)c1.Cl. The van der Waals surface area contributed by atoms with Crippen molar-refractivity contribution >= 4 is 24.3 Å². The van der Waals surface area contributed by atoms with Crippen LogP contribution in [0.2, 0.25) is 0 Å². The van der Waals surface area contributed by atoms with E-state index in [-0.39, 0.29) is 23.5 Å². The molecule has 1 fully saturated rings. The summed E-state index contributed by atoms with van der Waals surface area (Å²) in [4.78, 5) is 23.4. The Balaban J connectivity index is 0.00000264. The molecule has 1 aliphatic rings. The lowest BCUT2D eigenvalue weighted by atomic mass is 10.0. The van der Waals surface area contributed by atoms with Crippen LogP contribution in [0.15, 0.2) is 18.2 Å². The first kappa shape index (κ1) is 19.3. The second-order valence-corrected chi connectivity index (χ2v) is 5.25. The molecule has 1 atom stereocenters. The van der Waals surface area contributed by atoms with E-state index in [1.54, 1.807) is 12.1 Å². The Labute approximate surface area is 141 Å². The second-order valence-electron chi connectivity index (χ2n) is 5.25. The fourth-order valence-electron chi connectivity index (χ4n) is 2.43. The second kappa shape index (κ2) is 9.37. The van der Waals surface area contributed by atoms with E-state index in [2.05, 4.69) is 5.32 Å². The van der Waals surface area contributed by atoms with Gasteiger partial charge in [0.1, 0.15) is 5.75 Å². The molecule has 0 bridgehead atoms. The summed E-state index contributed by atoms with van der Waals surface area (Å²) in [5.41, 5.74) is 0.532. The fraction of sp³-hybridized carbons (Fsp3) is 0.500. The highest BCUT2D eigenvalue weighted by molar-refractivity contribution is 5.96. The molecule has 23 heavy (non-hydrogen) atoms. The molecule has 0 amide bonds. The summed E-state index contributed by atoms with van der Waals surface area (Å²) in [6.45, 7) is 2.50. The van der Waals surface area contributed by atoms with Gasteiger partial charge in [0, 0.05) is 12.5 Å². The van der Waals surface area contributed by atoms with Crippen LogP contribution in [0.4, 0.5) is 0 Å². The van der Waals surface area contributed by atoms with E-state index in [0.717, 1.165) is 25.9 Å². The first-order valence-corrected chi connectivity index (χ1v) is 7.29. The number of ether oxygens (including phenoxy) is 3. The van der Waals surface area contributed by atoms with E-state index < -0.39 is 11.9 Å². The predicted octanol–water partition coefficient (Wildman–Crippen LogP) is 2.06. The van der Waals surface area contributed by atoms with E-state index in [9.17, 15) is 9.59 Å². The molecule has 0 saturated carbocycles. The first-order chi connectivity index (χ1) is 10.6. The van der Waals surface area contributed by atoms with Crippen molar-refractivity contribution in [2.75, 3.05) is 33.9 Å². The van der Waals surface area contributed by atoms with Crippen molar-refractivity contribution in [1.82, 2.24) is 5.32 Å². The lowest BCUT2D eigenvalue weighted by Gasteiger charge is -2.23. The van der Waals surface area contributed by atoms with E-state index >= 15 is 0 Å². The molecule has 1 heterocycles. The Morgan fingerprint density at radius 1 is 1.13 bits per heavy atom. The molecule has 0 aromatic heterocycles. The summed E-state index contributed by atoms with van der Waals surface area (Å²) in [6.07, 6.45) is 2.23. The monoisotopic (exact) mass is 343 g/mol. The number of hydrogen-bond donors (Lipinski definition) is 1.